The molecule has 1 aromatic heterocycles. The molecular formula is C21H22N4O2. The molecule has 0 atom stereocenters. The number of nitriles is 2. The molecule has 0 spiro atoms. The fourth-order valence-corrected chi connectivity index (χ4v) is 3.60. The van der Waals surface area contributed by atoms with Gasteiger partial charge < -0.3 is 15.5 Å². The molecule has 0 amide bonds. The number of aromatic amines is 1. The Hall–Kier alpha value is -3.09. The molecule has 0 bridgehead atoms. The van der Waals surface area contributed by atoms with Crippen LogP contribution in [0.4, 0.5) is 5.82 Å². The number of nitrogens with two attached hydrogens (primary N) is 1. The van der Waals surface area contributed by atoms with E-state index in [1.54, 1.807) is 12.1 Å². The molecule has 1 heterocycles. The van der Waals surface area contributed by atoms with Crippen molar-refractivity contribution in [3.05, 3.63) is 51.3 Å². The Morgan fingerprint density at radius 2 is 1.74 bits per heavy atom. The standard InChI is InChI=1S/C21H22N4O2/c22-10-17-19(18(11-23)21(26)25-20(17)24)16-8-6-15(7-9-16)13-27-12-14-4-2-1-3-5-14/h6-9,14H,1-5,12-13H2,(H3,24,25,26). The highest BCUT2D eigenvalue weighted by atomic mass is 16.5. The Bertz CT molecular complexity index is 942. The molecule has 6 nitrogen and oxygen atoms in total. The number of aromatic nitrogens is 1. The highest BCUT2D eigenvalue weighted by Crippen LogP contribution is 2.28. The first kappa shape index (κ1) is 18.7. The quantitative estimate of drug-likeness (QED) is 0.845. The van der Waals surface area contributed by atoms with Crippen molar-refractivity contribution in [1.29, 1.82) is 10.5 Å². The topological polar surface area (TPSA) is 116 Å². The van der Waals surface area contributed by atoms with Crippen molar-refractivity contribution >= 4 is 5.82 Å². The number of nitrogen functional groups attached to an aromatic ring is 1. The summed E-state index contributed by atoms with van der Waals surface area (Å²) in [5, 5.41) is 18.7. The van der Waals surface area contributed by atoms with Gasteiger partial charge in [-0.15, -0.1) is 0 Å². The summed E-state index contributed by atoms with van der Waals surface area (Å²) in [4.78, 5) is 14.4. The van der Waals surface area contributed by atoms with E-state index in [1.807, 2.05) is 24.3 Å². The molecule has 0 saturated heterocycles. The van der Waals surface area contributed by atoms with Gasteiger partial charge in [-0.05, 0) is 29.9 Å². The Morgan fingerprint density at radius 1 is 1.07 bits per heavy atom. The molecule has 138 valence electrons. The number of anilines is 1. The summed E-state index contributed by atoms with van der Waals surface area (Å²) in [6.07, 6.45) is 6.42. The maximum atomic E-state index is 12.0. The highest BCUT2D eigenvalue weighted by Gasteiger charge is 2.18. The molecule has 3 rings (SSSR count). The molecule has 0 aliphatic heterocycles. The van der Waals surface area contributed by atoms with Crippen LogP contribution in [0.1, 0.15) is 48.8 Å². The minimum absolute atomic E-state index is 0.0311. The van der Waals surface area contributed by atoms with E-state index in [0.717, 1.165) is 12.2 Å². The number of H-pyrrole nitrogens is 1. The lowest BCUT2D eigenvalue weighted by Crippen LogP contribution is -2.16. The van der Waals surface area contributed by atoms with E-state index >= 15 is 0 Å². The first-order chi connectivity index (χ1) is 13.1. The van der Waals surface area contributed by atoms with Crippen LogP contribution < -0.4 is 11.3 Å². The van der Waals surface area contributed by atoms with Gasteiger partial charge in [0.1, 0.15) is 29.1 Å². The van der Waals surface area contributed by atoms with Crippen molar-refractivity contribution in [3.63, 3.8) is 0 Å². The molecule has 1 aliphatic carbocycles. The van der Waals surface area contributed by atoms with Crippen molar-refractivity contribution in [2.24, 2.45) is 5.92 Å². The van der Waals surface area contributed by atoms with Crippen LogP contribution >= 0.6 is 0 Å². The van der Waals surface area contributed by atoms with Crippen LogP contribution in [-0.4, -0.2) is 11.6 Å². The first-order valence-corrected chi connectivity index (χ1v) is 9.17. The van der Waals surface area contributed by atoms with Crippen LogP contribution in [0.15, 0.2) is 29.1 Å². The molecule has 1 aliphatic rings. The SMILES string of the molecule is N#Cc1c(N)[nH]c(=O)c(C#N)c1-c1ccc(COCC2CCCCC2)cc1. The average Bonchev–Trinajstić information content (AvgIpc) is 2.69. The summed E-state index contributed by atoms with van der Waals surface area (Å²) in [7, 11) is 0. The van der Waals surface area contributed by atoms with Gasteiger partial charge in [-0.2, -0.15) is 10.5 Å². The third-order valence-corrected chi connectivity index (χ3v) is 5.06. The maximum absolute atomic E-state index is 12.0. The monoisotopic (exact) mass is 362 g/mol. The number of benzene rings is 1. The molecule has 1 fully saturated rings. The van der Waals surface area contributed by atoms with Crippen molar-refractivity contribution < 1.29 is 4.74 Å². The van der Waals surface area contributed by atoms with Gasteiger partial charge in [0.05, 0.1) is 6.61 Å². The Labute approximate surface area is 158 Å². The van der Waals surface area contributed by atoms with Crippen LogP contribution in [0, 0.1) is 28.6 Å². The summed E-state index contributed by atoms with van der Waals surface area (Å²) >= 11 is 0. The molecule has 0 radical (unpaired) electrons. The van der Waals surface area contributed by atoms with Gasteiger partial charge in [0.15, 0.2) is 0 Å². The molecule has 27 heavy (non-hydrogen) atoms. The van der Waals surface area contributed by atoms with Gasteiger partial charge in [-0.1, -0.05) is 43.5 Å². The fourth-order valence-electron chi connectivity index (χ4n) is 3.60. The molecule has 0 unspecified atom stereocenters. The smallest absolute Gasteiger partial charge is 0.268 e. The number of hydrogen-bond acceptors (Lipinski definition) is 5. The Balaban J connectivity index is 1.77. The van der Waals surface area contributed by atoms with Crippen LogP contribution in [0.3, 0.4) is 0 Å². The van der Waals surface area contributed by atoms with Gasteiger partial charge in [0.25, 0.3) is 5.56 Å². The Kier molecular flexibility index (Phi) is 5.90. The Morgan fingerprint density at radius 3 is 2.37 bits per heavy atom. The molecular weight excluding hydrogens is 340 g/mol. The van der Waals surface area contributed by atoms with E-state index in [1.165, 1.54) is 32.1 Å². The van der Waals surface area contributed by atoms with Crippen molar-refractivity contribution in [1.82, 2.24) is 4.98 Å². The third-order valence-electron chi connectivity index (χ3n) is 5.06. The van der Waals surface area contributed by atoms with E-state index < -0.39 is 5.56 Å². The summed E-state index contributed by atoms with van der Waals surface area (Å²) in [5.41, 5.74) is 7.04. The van der Waals surface area contributed by atoms with Gasteiger partial charge >= 0.3 is 0 Å². The fraction of sp³-hybridized carbons (Fsp3) is 0.381. The third kappa shape index (κ3) is 4.19. The van der Waals surface area contributed by atoms with Crippen molar-refractivity contribution in [2.45, 2.75) is 38.7 Å². The lowest BCUT2D eigenvalue weighted by atomic mass is 9.90. The number of nitrogens with zero attached hydrogens (tertiary/aromatic N) is 2. The zero-order valence-corrected chi connectivity index (χ0v) is 15.1. The number of ether oxygens (including phenoxy) is 1. The molecule has 3 N–H and O–H groups in total. The molecule has 1 saturated carbocycles. The maximum Gasteiger partial charge on any atom is 0.268 e. The minimum Gasteiger partial charge on any atom is -0.384 e. The summed E-state index contributed by atoms with van der Waals surface area (Å²) in [6.45, 7) is 1.30. The van der Waals surface area contributed by atoms with E-state index in [0.29, 0.717) is 18.1 Å². The average molecular weight is 362 g/mol. The molecule has 2 aromatic rings. The number of rotatable bonds is 5. The van der Waals surface area contributed by atoms with E-state index in [4.69, 9.17) is 10.5 Å². The zero-order chi connectivity index (χ0) is 19.2. The second-order valence-corrected chi connectivity index (χ2v) is 6.93. The lowest BCUT2D eigenvalue weighted by Gasteiger charge is -2.21. The summed E-state index contributed by atoms with van der Waals surface area (Å²) < 4.78 is 5.85. The van der Waals surface area contributed by atoms with Gasteiger partial charge in [0.2, 0.25) is 0 Å². The van der Waals surface area contributed by atoms with Gasteiger partial charge in [-0.3, -0.25) is 4.79 Å². The predicted octanol–water partition coefficient (Wildman–Crippen LogP) is 3.46. The molecule has 1 aromatic carbocycles. The number of pyridine rings is 1. The second-order valence-electron chi connectivity index (χ2n) is 6.93. The van der Waals surface area contributed by atoms with Crippen molar-refractivity contribution in [2.75, 3.05) is 12.3 Å². The summed E-state index contributed by atoms with van der Waals surface area (Å²) in [5.74, 6) is 0.629. The lowest BCUT2D eigenvalue weighted by molar-refractivity contribution is 0.0739. The number of hydrogen-bond donors (Lipinski definition) is 2. The van der Waals surface area contributed by atoms with Crippen molar-refractivity contribution in [3.8, 4) is 23.3 Å². The van der Waals surface area contributed by atoms with Crippen LogP contribution in [-0.2, 0) is 11.3 Å². The van der Waals surface area contributed by atoms with Crippen LogP contribution in [0.25, 0.3) is 11.1 Å². The second kappa shape index (κ2) is 8.53. The van der Waals surface area contributed by atoms with Gasteiger partial charge in [-0.25, -0.2) is 0 Å². The zero-order valence-electron chi connectivity index (χ0n) is 15.1. The van der Waals surface area contributed by atoms with Crippen LogP contribution in [0.2, 0.25) is 0 Å². The predicted molar refractivity (Wildman–Crippen MR) is 103 cm³/mol. The van der Waals surface area contributed by atoms with E-state index in [-0.39, 0.29) is 22.5 Å². The van der Waals surface area contributed by atoms with Crippen LogP contribution in [0.5, 0.6) is 0 Å². The van der Waals surface area contributed by atoms with E-state index in [2.05, 4.69) is 4.98 Å². The molecule has 6 heteroatoms. The van der Waals surface area contributed by atoms with E-state index in [9.17, 15) is 15.3 Å². The largest absolute Gasteiger partial charge is 0.384 e. The summed E-state index contributed by atoms with van der Waals surface area (Å²) in [6, 6.07) is 11.2. The highest BCUT2D eigenvalue weighted by molar-refractivity contribution is 5.80. The normalized spacial score (nSPS) is 14.4. The number of nitrogens with one attached hydrogen (secondary N) is 1. The minimum atomic E-state index is -0.594. The first-order valence-electron chi connectivity index (χ1n) is 9.17. The van der Waals surface area contributed by atoms with Gasteiger partial charge in [0, 0.05) is 12.2 Å².